The monoisotopic (exact) mass is 304 g/mol. The molecule has 0 saturated carbocycles. The summed E-state index contributed by atoms with van der Waals surface area (Å²) >= 11 is 6.10. The van der Waals surface area contributed by atoms with Crippen LogP contribution in [0.15, 0.2) is 23.9 Å². The van der Waals surface area contributed by atoms with E-state index in [1.54, 1.807) is 0 Å². The summed E-state index contributed by atoms with van der Waals surface area (Å²) in [5.74, 6) is 0.227. The second-order valence-electron chi connectivity index (χ2n) is 5.77. The number of halogens is 1. The second kappa shape index (κ2) is 6.20. The number of allylic oxidation sites excluding steroid dienone is 2. The Morgan fingerprint density at radius 3 is 2.95 bits per heavy atom. The average molecular weight is 305 g/mol. The Morgan fingerprint density at radius 2 is 2.14 bits per heavy atom. The van der Waals surface area contributed by atoms with Crippen LogP contribution in [0.25, 0.3) is 5.57 Å². The van der Waals surface area contributed by atoms with E-state index in [2.05, 4.69) is 12.1 Å². The van der Waals surface area contributed by atoms with Crippen LogP contribution >= 0.6 is 11.6 Å². The normalized spacial score (nSPS) is 17.5. The van der Waals surface area contributed by atoms with E-state index in [4.69, 9.17) is 17.3 Å². The van der Waals surface area contributed by atoms with Crippen molar-refractivity contribution >= 4 is 23.1 Å². The predicted molar refractivity (Wildman–Crippen MR) is 85.9 cm³/mol. The maximum Gasteiger partial charge on any atom is 0.226 e. The first-order chi connectivity index (χ1) is 10.2. The van der Waals surface area contributed by atoms with Crippen molar-refractivity contribution < 1.29 is 4.79 Å². The van der Waals surface area contributed by atoms with E-state index in [1.165, 1.54) is 22.4 Å². The average Bonchev–Trinajstić information content (AvgIpc) is 2.51. The summed E-state index contributed by atoms with van der Waals surface area (Å²) in [6.07, 6.45) is 5.33. The molecule has 4 heteroatoms. The van der Waals surface area contributed by atoms with Crippen LogP contribution in [0.1, 0.15) is 43.2 Å². The van der Waals surface area contributed by atoms with Gasteiger partial charge >= 0.3 is 0 Å². The number of carbonyl (C=O) groups is 1. The molecular formula is C17H21ClN2O. The van der Waals surface area contributed by atoms with Crippen LogP contribution in [0.5, 0.6) is 0 Å². The molecule has 0 saturated heterocycles. The molecule has 0 radical (unpaired) electrons. The smallest absolute Gasteiger partial charge is 0.226 e. The van der Waals surface area contributed by atoms with Crippen molar-refractivity contribution in [3.63, 3.8) is 0 Å². The van der Waals surface area contributed by atoms with E-state index in [0.29, 0.717) is 13.0 Å². The maximum absolute atomic E-state index is 12.4. The molecular weight excluding hydrogens is 284 g/mol. The highest BCUT2D eigenvalue weighted by Gasteiger charge is 2.29. The third-order valence-corrected chi connectivity index (χ3v) is 4.64. The highest BCUT2D eigenvalue weighted by atomic mass is 35.5. The molecule has 1 aliphatic carbocycles. The van der Waals surface area contributed by atoms with E-state index < -0.39 is 0 Å². The molecule has 1 amide bonds. The molecule has 0 atom stereocenters. The number of fused-ring (bicyclic) bond motifs is 2. The molecule has 1 aliphatic heterocycles. The van der Waals surface area contributed by atoms with Gasteiger partial charge in [-0.05, 0) is 67.5 Å². The van der Waals surface area contributed by atoms with Crippen molar-refractivity contribution in [1.82, 2.24) is 4.90 Å². The molecule has 2 aliphatic rings. The van der Waals surface area contributed by atoms with Crippen LogP contribution in [-0.4, -0.2) is 23.9 Å². The van der Waals surface area contributed by atoms with Crippen LogP contribution in [0.2, 0.25) is 5.02 Å². The predicted octanol–water partition coefficient (Wildman–Crippen LogP) is 3.36. The lowest BCUT2D eigenvalue weighted by molar-refractivity contribution is -0.129. The summed E-state index contributed by atoms with van der Waals surface area (Å²) in [6.45, 7) is 1.43. The minimum atomic E-state index is 0.227. The van der Waals surface area contributed by atoms with Crippen molar-refractivity contribution in [3.8, 4) is 0 Å². The van der Waals surface area contributed by atoms with Gasteiger partial charge in [-0.15, -0.1) is 0 Å². The number of hydrogen-bond donors (Lipinski definition) is 1. The first-order valence-corrected chi connectivity index (χ1v) is 8.10. The minimum absolute atomic E-state index is 0.227. The summed E-state index contributed by atoms with van der Waals surface area (Å²) in [4.78, 5) is 14.4. The molecule has 3 rings (SSSR count). The third-order valence-electron chi connectivity index (χ3n) is 4.40. The van der Waals surface area contributed by atoms with E-state index in [-0.39, 0.29) is 5.91 Å². The van der Waals surface area contributed by atoms with Gasteiger partial charge < -0.3 is 10.6 Å². The standard InChI is InChI=1S/C17H21ClN2O/c18-13-6-7-14-12(11-13)5-8-16-15(14)3-2-10-20(16)17(21)4-1-9-19/h6-7,11H,1-5,8-10,19H2. The molecule has 0 unspecified atom stereocenters. The first kappa shape index (κ1) is 14.6. The van der Waals surface area contributed by atoms with Gasteiger partial charge in [-0.2, -0.15) is 0 Å². The van der Waals surface area contributed by atoms with E-state index in [9.17, 15) is 4.79 Å². The largest absolute Gasteiger partial charge is 0.330 e. The van der Waals surface area contributed by atoms with E-state index in [1.807, 2.05) is 11.0 Å². The number of nitrogens with two attached hydrogens (primary N) is 1. The van der Waals surface area contributed by atoms with E-state index >= 15 is 0 Å². The number of hydrogen-bond acceptors (Lipinski definition) is 2. The zero-order chi connectivity index (χ0) is 14.8. The van der Waals surface area contributed by atoms with Crippen LogP contribution in [0.3, 0.4) is 0 Å². The fourth-order valence-electron chi connectivity index (χ4n) is 3.41. The molecule has 0 bridgehead atoms. The Kier molecular flexibility index (Phi) is 4.32. The molecule has 1 heterocycles. The van der Waals surface area contributed by atoms with Crippen LogP contribution in [0.4, 0.5) is 0 Å². The molecule has 0 fully saturated rings. The van der Waals surface area contributed by atoms with Gasteiger partial charge in [0.25, 0.3) is 0 Å². The summed E-state index contributed by atoms with van der Waals surface area (Å²) in [6, 6.07) is 6.13. The molecule has 112 valence electrons. The van der Waals surface area contributed by atoms with Crippen molar-refractivity contribution in [2.45, 2.75) is 38.5 Å². The van der Waals surface area contributed by atoms with Crippen molar-refractivity contribution in [2.24, 2.45) is 5.73 Å². The lowest BCUT2D eigenvalue weighted by Crippen LogP contribution is -2.36. The number of nitrogens with zero attached hydrogens (tertiary/aromatic N) is 1. The minimum Gasteiger partial charge on any atom is -0.330 e. The van der Waals surface area contributed by atoms with Gasteiger partial charge in [-0.25, -0.2) is 0 Å². The molecule has 1 aromatic carbocycles. The number of amides is 1. The quantitative estimate of drug-likeness (QED) is 0.930. The molecule has 0 spiro atoms. The Bertz CT molecular complexity index is 594. The molecule has 2 N–H and O–H groups in total. The van der Waals surface area contributed by atoms with Gasteiger partial charge in [0.1, 0.15) is 0 Å². The summed E-state index contributed by atoms with van der Waals surface area (Å²) in [7, 11) is 0. The highest BCUT2D eigenvalue weighted by Crippen LogP contribution is 2.39. The van der Waals surface area contributed by atoms with Crippen molar-refractivity contribution in [3.05, 3.63) is 40.0 Å². The van der Waals surface area contributed by atoms with Gasteiger partial charge in [0.2, 0.25) is 5.91 Å². The Morgan fingerprint density at radius 1 is 1.29 bits per heavy atom. The molecule has 21 heavy (non-hydrogen) atoms. The summed E-state index contributed by atoms with van der Waals surface area (Å²) < 4.78 is 0. The topological polar surface area (TPSA) is 46.3 Å². The van der Waals surface area contributed by atoms with Crippen molar-refractivity contribution in [2.75, 3.05) is 13.1 Å². The van der Waals surface area contributed by atoms with Gasteiger partial charge in [-0.1, -0.05) is 17.7 Å². The maximum atomic E-state index is 12.4. The van der Waals surface area contributed by atoms with Gasteiger partial charge in [0, 0.05) is 23.7 Å². The van der Waals surface area contributed by atoms with Gasteiger partial charge in [0.15, 0.2) is 0 Å². The Hall–Kier alpha value is -1.32. The molecule has 1 aromatic rings. The number of carbonyl (C=O) groups excluding carboxylic acids is 1. The highest BCUT2D eigenvalue weighted by molar-refractivity contribution is 6.30. The van der Waals surface area contributed by atoms with Gasteiger partial charge in [0.05, 0.1) is 0 Å². The first-order valence-electron chi connectivity index (χ1n) is 7.72. The van der Waals surface area contributed by atoms with Crippen LogP contribution in [0, 0.1) is 0 Å². The number of benzene rings is 1. The lowest BCUT2D eigenvalue weighted by atomic mass is 9.84. The Balaban J connectivity index is 1.93. The van der Waals surface area contributed by atoms with Crippen molar-refractivity contribution in [1.29, 1.82) is 0 Å². The summed E-state index contributed by atoms with van der Waals surface area (Å²) in [5, 5.41) is 0.796. The second-order valence-corrected chi connectivity index (χ2v) is 6.20. The number of rotatable bonds is 3. The molecule has 0 aromatic heterocycles. The molecule has 3 nitrogen and oxygen atoms in total. The lowest BCUT2D eigenvalue weighted by Gasteiger charge is -2.36. The fourth-order valence-corrected chi connectivity index (χ4v) is 3.61. The van der Waals surface area contributed by atoms with Gasteiger partial charge in [-0.3, -0.25) is 4.79 Å². The fraction of sp³-hybridized carbons (Fsp3) is 0.471. The summed E-state index contributed by atoms with van der Waals surface area (Å²) in [5.41, 5.74) is 10.7. The Labute approximate surface area is 130 Å². The third kappa shape index (κ3) is 2.85. The zero-order valence-electron chi connectivity index (χ0n) is 12.2. The SMILES string of the molecule is NCCCC(=O)N1CCCC2=C1CCc1cc(Cl)ccc12. The zero-order valence-corrected chi connectivity index (χ0v) is 13.0. The van der Waals surface area contributed by atoms with Crippen LogP contribution < -0.4 is 5.73 Å². The number of aryl methyl sites for hydroxylation is 1. The van der Waals surface area contributed by atoms with E-state index in [0.717, 1.165) is 43.7 Å². The van der Waals surface area contributed by atoms with Crippen LogP contribution in [-0.2, 0) is 11.2 Å².